The molecule has 2 heterocycles. The van der Waals surface area contributed by atoms with Crippen LogP contribution in [-0.4, -0.2) is 48.3 Å². The van der Waals surface area contributed by atoms with Gasteiger partial charge in [0.25, 0.3) is 0 Å². The molecule has 0 saturated carbocycles. The van der Waals surface area contributed by atoms with Gasteiger partial charge in [0, 0.05) is 31.6 Å². The Morgan fingerprint density at radius 2 is 2.00 bits per heavy atom. The zero-order valence-corrected chi connectivity index (χ0v) is 14.5. The van der Waals surface area contributed by atoms with E-state index in [0.29, 0.717) is 17.4 Å². The van der Waals surface area contributed by atoms with E-state index in [1.165, 1.54) is 0 Å². The van der Waals surface area contributed by atoms with Crippen LogP contribution in [0.5, 0.6) is 0 Å². The van der Waals surface area contributed by atoms with E-state index in [0.717, 1.165) is 49.2 Å². The fraction of sp³-hybridized carbons (Fsp3) is 0.500. The quantitative estimate of drug-likeness (QED) is 0.667. The van der Waals surface area contributed by atoms with E-state index in [4.69, 9.17) is 16.3 Å². The summed E-state index contributed by atoms with van der Waals surface area (Å²) in [4.78, 5) is 6.90. The van der Waals surface area contributed by atoms with E-state index in [1.807, 2.05) is 18.2 Å². The number of pyridine rings is 1. The molecular formula is C18H24ClN3O. The standard InChI is InChI=1S/C18H24ClN3O/c1-13-11-22(12-14(2)23-13)9-5-8-20-17-10-15-6-3-4-7-16(15)18(19)21-17/h3-4,6-7,10,13-14H,5,8-9,11-12H2,1-2H3,(H,20,21). The van der Waals surface area contributed by atoms with Gasteiger partial charge in [0.15, 0.2) is 0 Å². The van der Waals surface area contributed by atoms with Crippen LogP contribution in [0.3, 0.4) is 0 Å². The van der Waals surface area contributed by atoms with Crippen LogP contribution >= 0.6 is 11.6 Å². The summed E-state index contributed by atoms with van der Waals surface area (Å²) < 4.78 is 5.76. The SMILES string of the molecule is CC1CN(CCCNc2cc3ccccc3c(Cl)n2)CC(C)O1. The van der Waals surface area contributed by atoms with Gasteiger partial charge in [0.05, 0.1) is 12.2 Å². The number of morpholine rings is 1. The molecule has 1 aromatic carbocycles. The van der Waals surface area contributed by atoms with Crippen LogP contribution in [0.2, 0.25) is 5.15 Å². The molecule has 1 saturated heterocycles. The number of hydrogen-bond acceptors (Lipinski definition) is 4. The first-order chi connectivity index (χ1) is 11.1. The Labute approximate surface area is 142 Å². The molecule has 23 heavy (non-hydrogen) atoms. The molecule has 2 unspecified atom stereocenters. The molecule has 2 atom stereocenters. The number of aromatic nitrogens is 1. The molecule has 2 aromatic rings. The molecule has 4 nitrogen and oxygen atoms in total. The van der Waals surface area contributed by atoms with Gasteiger partial charge < -0.3 is 10.1 Å². The minimum atomic E-state index is 0.327. The normalized spacial score (nSPS) is 22.4. The van der Waals surface area contributed by atoms with Gasteiger partial charge in [-0.1, -0.05) is 35.9 Å². The van der Waals surface area contributed by atoms with Crippen LogP contribution < -0.4 is 5.32 Å². The summed E-state index contributed by atoms with van der Waals surface area (Å²) in [5, 5.41) is 6.06. The Kier molecular flexibility index (Phi) is 5.36. The number of ether oxygens (including phenoxy) is 1. The number of anilines is 1. The maximum absolute atomic E-state index is 6.26. The molecule has 1 N–H and O–H groups in total. The lowest BCUT2D eigenvalue weighted by molar-refractivity contribution is -0.0678. The molecule has 0 spiro atoms. The number of rotatable bonds is 5. The van der Waals surface area contributed by atoms with Gasteiger partial charge >= 0.3 is 0 Å². The molecule has 1 aliphatic heterocycles. The molecule has 1 aromatic heterocycles. The van der Waals surface area contributed by atoms with Gasteiger partial charge in [-0.3, -0.25) is 4.90 Å². The summed E-state index contributed by atoms with van der Waals surface area (Å²) >= 11 is 6.26. The Morgan fingerprint density at radius 1 is 1.26 bits per heavy atom. The van der Waals surface area contributed by atoms with Crippen molar-refractivity contribution in [1.82, 2.24) is 9.88 Å². The zero-order valence-electron chi connectivity index (χ0n) is 13.8. The van der Waals surface area contributed by atoms with E-state index < -0.39 is 0 Å². The molecule has 0 aliphatic carbocycles. The van der Waals surface area contributed by atoms with Gasteiger partial charge in [0.1, 0.15) is 11.0 Å². The Morgan fingerprint density at radius 3 is 2.78 bits per heavy atom. The van der Waals surface area contributed by atoms with Gasteiger partial charge in [-0.05, 0) is 31.7 Å². The fourth-order valence-corrected chi connectivity index (χ4v) is 3.50. The van der Waals surface area contributed by atoms with E-state index in [9.17, 15) is 0 Å². The predicted octanol–water partition coefficient (Wildman–Crippen LogP) is 3.80. The number of fused-ring (bicyclic) bond motifs is 1. The third-order valence-electron chi connectivity index (χ3n) is 4.15. The topological polar surface area (TPSA) is 37.4 Å². The van der Waals surface area contributed by atoms with Crippen molar-refractivity contribution in [2.45, 2.75) is 32.5 Å². The summed E-state index contributed by atoms with van der Waals surface area (Å²) in [6, 6.07) is 10.1. The summed E-state index contributed by atoms with van der Waals surface area (Å²) in [5.74, 6) is 0.845. The second-order valence-corrected chi connectivity index (χ2v) is 6.67. The summed E-state index contributed by atoms with van der Waals surface area (Å²) in [5.41, 5.74) is 0. The van der Waals surface area contributed by atoms with E-state index >= 15 is 0 Å². The minimum Gasteiger partial charge on any atom is -0.373 e. The van der Waals surface area contributed by atoms with Crippen molar-refractivity contribution in [3.05, 3.63) is 35.5 Å². The van der Waals surface area contributed by atoms with Crippen LogP contribution in [0.25, 0.3) is 10.8 Å². The van der Waals surface area contributed by atoms with Crippen LogP contribution in [-0.2, 0) is 4.74 Å². The molecule has 1 aliphatic rings. The molecule has 0 amide bonds. The first kappa shape index (κ1) is 16.5. The predicted molar refractivity (Wildman–Crippen MR) is 96.3 cm³/mol. The average molecular weight is 334 g/mol. The fourth-order valence-electron chi connectivity index (χ4n) is 3.23. The smallest absolute Gasteiger partial charge is 0.139 e. The van der Waals surface area contributed by atoms with Crippen molar-refractivity contribution in [2.24, 2.45) is 0 Å². The molecule has 0 radical (unpaired) electrons. The number of nitrogens with zero attached hydrogens (tertiary/aromatic N) is 2. The van der Waals surface area contributed by atoms with Gasteiger partial charge in [-0.25, -0.2) is 4.98 Å². The monoisotopic (exact) mass is 333 g/mol. The molecule has 3 rings (SSSR count). The van der Waals surface area contributed by atoms with Crippen molar-refractivity contribution < 1.29 is 4.74 Å². The average Bonchev–Trinajstić information content (AvgIpc) is 2.51. The molecule has 0 bridgehead atoms. The Bertz CT molecular complexity index is 654. The zero-order chi connectivity index (χ0) is 16.2. The molecule has 5 heteroatoms. The first-order valence-electron chi connectivity index (χ1n) is 8.29. The highest BCUT2D eigenvalue weighted by molar-refractivity contribution is 6.34. The summed E-state index contributed by atoms with van der Waals surface area (Å²) in [6.07, 6.45) is 1.73. The molecular weight excluding hydrogens is 310 g/mol. The lowest BCUT2D eigenvalue weighted by Gasteiger charge is -2.35. The van der Waals surface area contributed by atoms with Gasteiger partial charge in [0.2, 0.25) is 0 Å². The highest BCUT2D eigenvalue weighted by Gasteiger charge is 2.21. The minimum absolute atomic E-state index is 0.327. The lowest BCUT2D eigenvalue weighted by Crippen LogP contribution is -2.45. The highest BCUT2D eigenvalue weighted by Crippen LogP contribution is 2.24. The van der Waals surface area contributed by atoms with Crippen molar-refractivity contribution >= 4 is 28.2 Å². The number of halogens is 1. The molecule has 1 fully saturated rings. The maximum Gasteiger partial charge on any atom is 0.139 e. The van der Waals surface area contributed by atoms with Crippen LogP contribution in [0.15, 0.2) is 30.3 Å². The van der Waals surface area contributed by atoms with Crippen LogP contribution in [0, 0.1) is 0 Å². The number of nitrogens with one attached hydrogen (secondary N) is 1. The van der Waals surface area contributed by atoms with Crippen molar-refractivity contribution in [2.75, 3.05) is 31.5 Å². The third-order valence-corrected chi connectivity index (χ3v) is 4.43. The Hall–Kier alpha value is -1.36. The first-order valence-corrected chi connectivity index (χ1v) is 8.66. The van der Waals surface area contributed by atoms with Crippen LogP contribution in [0.4, 0.5) is 5.82 Å². The molecule has 124 valence electrons. The van der Waals surface area contributed by atoms with E-state index in [-0.39, 0.29) is 0 Å². The van der Waals surface area contributed by atoms with Crippen molar-refractivity contribution in [1.29, 1.82) is 0 Å². The largest absolute Gasteiger partial charge is 0.373 e. The summed E-state index contributed by atoms with van der Waals surface area (Å²) in [7, 11) is 0. The van der Waals surface area contributed by atoms with Crippen LogP contribution in [0.1, 0.15) is 20.3 Å². The second kappa shape index (κ2) is 7.47. The maximum atomic E-state index is 6.26. The second-order valence-electron chi connectivity index (χ2n) is 6.32. The number of hydrogen-bond donors (Lipinski definition) is 1. The number of benzene rings is 1. The lowest BCUT2D eigenvalue weighted by atomic mass is 10.2. The van der Waals surface area contributed by atoms with Gasteiger partial charge in [-0.15, -0.1) is 0 Å². The highest BCUT2D eigenvalue weighted by atomic mass is 35.5. The summed E-state index contributed by atoms with van der Waals surface area (Å²) in [6.45, 7) is 8.28. The van der Waals surface area contributed by atoms with E-state index in [2.05, 4.69) is 41.2 Å². The van der Waals surface area contributed by atoms with Gasteiger partial charge in [-0.2, -0.15) is 0 Å². The van der Waals surface area contributed by atoms with E-state index in [1.54, 1.807) is 0 Å². The third kappa shape index (κ3) is 4.34. The van der Waals surface area contributed by atoms with Crippen molar-refractivity contribution in [3.63, 3.8) is 0 Å². The Balaban J connectivity index is 1.51. The van der Waals surface area contributed by atoms with Crippen molar-refractivity contribution in [3.8, 4) is 0 Å².